The van der Waals surface area contributed by atoms with Crippen LogP contribution in [0.1, 0.15) is 25.3 Å². The number of rotatable bonds is 5. The molecule has 5 rings (SSSR count). The summed E-state index contributed by atoms with van der Waals surface area (Å²) in [5.74, 6) is 0. The fourth-order valence-corrected chi connectivity index (χ4v) is 4.82. The fourth-order valence-electron chi connectivity index (χ4n) is 4.65. The number of nitrogens with one attached hydrogen (secondary N) is 2. The Kier molecular flexibility index (Phi) is 6.41. The van der Waals surface area contributed by atoms with E-state index in [1.807, 2.05) is 45.5 Å². The smallest absolute Gasteiger partial charge is 0.306 e. The molecule has 9 heteroatoms. The summed E-state index contributed by atoms with van der Waals surface area (Å²) in [6.45, 7) is 3.53. The Morgan fingerprint density at radius 2 is 1.65 bits per heavy atom. The molecule has 0 radical (unpaired) electrons. The number of benzene rings is 2. The Bertz CT molecular complexity index is 1310. The summed E-state index contributed by atoms with van der Waals surface area (Å²) in [6, 6.07) is 13.5. The van der Waals surface area contributed by atoms with Crippen LogP contribution in [0.15, 0.2) is 52.1 Å². The van der Waals surface area contributed by atoms with Gasteiger partial charge < -0.3 is 14.9 Å². The number of hydrogen-bond acceptors (Lipinski definition) is 3. The molecule has 2 aromatic heterocycles. The van der Waals surface area contributed by atoms with Crippen molar-refractivity contribution in [2.75, 3.05) is 19.6 Å². The van der Waals surface area contributed by atoms with Gasteiger partial charge >= 0.3 is 11.4 Å². The second-order valence-electron chi connectivity index (χ2n) is 7.99. The first-order chi connectivity index (χ1) is 14.6. The van der Waals surface area contributed by atoms with Gasteiger partial charge in [0.15, 0.2) is 0 Å². The van der Waals surface area contributed by atoms with Crippen molar-refractivity contribution in [2.45, 2.75) is 31.8 Å². The van der Waals surface area contributed by atoms with Crippen LogP contribution in [-0.2, 0) is 6.54 Å². The van der Waals surface area contributed by atoms with E-state index in [-0.39, 0.29) is 34.4 Å². The number of nitrogens with zero attached hydrogens (tertiary/aromatic N) is 3. The van der Waals surface area contributed by atoms with E-state index in [1.54, 1.807) is 6.07 Å². The van der Waals surface area contributed by atoms with Crippen molar-refractivity contribution in [2.24, 2.45) is 0 Å². The summed E-state index contributed by atoms with van der Waals surface area (Å²) in [4.78, 5) is 32.9. The number of aromatic amines is 2. The minimum Gasteiger partial charge on any atom is -0.306 e. The highest BCUT2D eigenvalue weighted by Gasteiger charge is 2.23. The highest BCUT2D eigenvalue weighted by molar-refractivity contribution is 8.93. The first kappa shape index (κ1) is 21.9. The zero-order valence-electron chi connectivity index (χ0n) is 17.0. The Labute approximate surface area is 194 Å². The molecule has 1 aliphatic heterocycles. The summed E-state index contributed by atoms with van der Waals surface area (Å²) >= 11 is 6.05. The Morgan fingerprint density at radius 1 is 0.903 bits per heavy atom. The highest BCUT2D eigenvalue weighted by Crippen LogP contribution is 2.26. The van der Waals surface area contributed by atoms with E-state index in [0.717, 1.165) is 61.0 Å². The standard InChI is InChI=1S/C22H24ClN5O2.BrH/c23-15-6-7-20-18(14-15)25-22(30)28(20)16-8-12-26(13-9-16)10-3-11-27-19-5-2-1-4-17(19)24-21(27)29;/h1-2,4-7,14,16H,3,8-13H2,(H,24,29)(H,25,30);1H. The lowest BCUT2D eigenvalue weighted by Crippen LogP contribution is -2.37. The quantitative estimate of drug-likeness (QED) is 0.430. The molecule has 1 saturated heterocycles. The predicted octanol–water partition coefficient (Wildman–Crippen LogP) is 3.93. The second kappa shape index (κ2) is 9.06. The lowest BCUT2D eigenvalue weighted by atomic mass is 10.0. The molecule has 1 aliphatic rings. The third-order valence-electron chi connectivity index (χ3n) is 6.14. The second-order valence-corrected chi connectivity index (χ2v) is 8.42. The molecule has 0 unspecified atom stereocenters. The van der Waals surface area contributed by atoms with Crippen LogP contribution in [0.3, 0.4) is 0 Å². The number of H-pyrrole nitrogens is 2. The largest absolute Gasteiger partial charge is 0.326 e. The molecule has 31 heavy (non-hydrogen) atoms. The number of hydrogen-bond donors (Lipinski definition) is 2. The first-order valence-corrected chi connectivity index (χ1v) is 10.8. The third kappa shape index (κ3) is 4.24. The fraction of sp³-hybridized carbons (Fsp3) is 0.364. The molecular formula is C22H25BrClN5O2. The Hall–Kier alpha value is -2.29. The van der Waals surface area contributed by atoms with Crippen LogP contribution in [0.2, 0.25) is 5.02 Å². The number of imidazole rings is 2. The highest BCUT2D eigenvalue weighted by atomic mass is 79.9. The summed E-state index contributed by atoms with van der Waals surface area (Å²) in [5, 5.41) is 0.625. The molecule has 1 fully saturated rings. The van der Waals surface area contributed by atoms with E-state index in [4.69, 9.17) is 11.6 Å². The van der Waals surface area contributed by atoms with Crippen LogP contribution in [0.5, 0.6) is 0 Å². The molecule has 3 heterocycles. The molecule has 164 valence electrons. The van der Waals surface area contributed by atoms with E-state index in [0.29, 0.717) is 11.6 Å². The molecule has 0 bridgehead atoms. The SMILES string of the molecule is Br.O=c1[nH]c2ccccc2n1CCCN1CCC(n2c(=O)[nH]c3cc(Cl)ccc32)CC1. The number of likely N-dealkylation sites (tertiary alicyclic amines) is 1. The zero-order valence-corrected chi connectivity index (χ0v) is 19.5. The van der Waals surface area contributed by atoms with E-state index in [9.17, 15) is 9.59 Å². The number of para-hydroxylation sites is 2. The maximum Gasteiger partial charge on any atom is 0.326 e. The van der Waals surface area contributed by atoms with E-state index < -0.39 is 0 Å². The Balaban J connectivity index is 0.00000231. The van der Waals surface area contributed by atoms with Crippen LogP contribution in [0, 0.1) is 0 Å². The van der Waals surface area contributed by atoms with Gasteiger partial charge in [-0.2, -0.15) is 0 Å². The van der Waals surface area contributed by atoms with E-state index in [2.05, 4.69) is 14.9 Å². The van der Waals surface area contributed by atoms with Gasteiger partial charge in [0.05, 0.1) is 22.1 Å². The molecule has 0 aliphatic carbocycles. The molecule has 0 atom stereocenters. The molecule has 0 spiro atoms. The number of aryl methyl sites for hydroxylation is 1. The van der Waals surface area contributed by atoms with Crippen LogP contribution in [0.4, 0.5) is 0 Å². The predicted molar refractivity (Wildman–Crippen MR) is 130 cm³/mol. The molecule has 7 nitrogen and oxygen atoms in total. The van der Waals surface area contributed by atoms with E-state index in [1.165, 1.54) is 0 Å². The van der Waals surface area contributed by atoms with Crippen molar-refractivity contribution in [3.63, 3.8) is 0 Å². The van der Waals surface area contributed by atoms with Crippen molar-refractivity contribution >= 4 is 50.6 Å². The van der Waals surface area contributed by atoms with Crippen molar-refractivity contribution in [3.05, 3.63) is 68.5 Å². The molecule has 0 saturated carbocycles. The van der Waals surface area contributed by atoms with Crippen LogP contribution in [-0.4, -0.2) is 43.6 Å². The number of fused-ring (bicyclic) bond motifs is 2. The molecular weight excluding hydrogens is 482 g/mol. The van der Waals surface area contributed by atoms with Gasteiger partial charge in [-0.3, -0.25) is 9.13 Å². The normalized spacial score (nSPS) is 15.5. The maximum absolute atomic E-state index is 12.5. The van der Waals surface area contributed by atoms with Gasteiger partial charge in [-0.05, 0) is 56.1 Å². The zero-order chi connectivity index (χ0) is 20.7. The van der Waals surface area contributed by atoms with Crippen molar-refractivity contribution in [3.8, 4) is 0 Å². The third-order valence-corrected chi connectivity index (χ3v) is 6.37. The molecule has 2 N–H and O–H groups in total. The summed E-state index contributed by atoms with van der Waals surface area (Å²) in [5.41, 5.74) is 3.44. The van der Waals surface area contributed by atoms with Crippen molar-refractivity contribution in [1.29, 1.82) is 0 Å². The molecule has 0 amide bonds. The average Bonchev–Trinajstić information content (AvgIpc) is 3.23. The molecule has 2 aromatic carbocycles. The van der Waals surface area contributed by atoms with Crippen LogP contribution >= 0.6 is 28.6 Å². The van der Waals surface area contributed by atoms with Gasteiger partial charge in [0.2, 0.25) is 0 Å². The topological polar surface area (TPSA) is 78.8 Å². The van der Waals surface area contributed by atoms with Gasteiger partial charge in [0.25, 0.3) is 0 Å². The van der Waals surface area contributed by atoms with Gasteiger partial charge in [-0.1, -0.05) is 23.7 Å². The monoisotopic (exact) mass is 505 g/mol. The average molecular weight is 507 g/mol. The minimum absolute atomic E-state index is 0. The summed E-state index contributed by atoms with van der Waals surface area (Å²) in [6.07, 6.45) is 2.78. The minimum atomic E-state index is -0.0653. The summed E-state index contributed by atoms with van der Waals surface area (Å²) < 4.78 is 3.70. The number of piperidine rings is 1. The van der Waals surface area contributed by atoms with E-state index >= 15 is 0 Å². The Morgan fingerprint density at radius 3 is 2.45 bits per heavy atom. The molecule has 4 aromatic rings. The number of halogens is 2. The van der Waals surface area contributed by atoms with Gasteiger partial charge in [-0.15, -0.1) is 17.0 Å². The van der Waals surface area contributed by atoms with Gasteiger partial charge in [0.1, 0.15) is 0 Å². The van der Waals surface area contributed by atoms with Gasteiger partial charge in [-0.25, -0.2) is 9.59 Å². The first-order valence-electron chi connectivity index (χ1n) is 10.4. The van der Waals surface area contributed by atoms with Crippen molar-refractivity contribution in [1.82, 2.24) is 24.0 Å². The van der Waals surface area contributed by atoms with Crippen LogP contribution < -0.4 is 11.4 Å². The van der Waals surface area contributed by atoms with Crippen LogP contribution in [0.25, 0.3) is 22.1 Å². The lowest BCUT2D eigenvalue weighted by molar-refractivity contribution is 0.183. The van der Waals surface area contributed by atoms with Crippen molar-refractivity contribution < 1.29 is 0 Å². The lowest BCUT2D eigenvalue weighted by Gasteiger charge is -2.32. The number of aromatic nitrogens is 4. The maximum atomic E-state index is 12.5. The summed E-state index contributed by atoms with van der Waals surface area (Å²) in [7, 11) is 0. The van der Waals surface area contributed by atoms with Gasteiger partial charge in [0, 0.05) is 30.7 Å².